The molecule has 0 unspecified atom stereocenters. The van der Waals surface area contributed by atoms with Crippen LogP contribution < -0.4 is 34.0 Å². The van der Waals surface area contributed by atoms with Crippen molar-refractivity contribution in [1.82, 2.24) is 0 Å². The molecule has 47 heavy (non-hydrogen) atoms. The zero-order valence-electron chi connectivity index (χ0n) is 27.2. The van der Waals surface area contributed by atoms with Gasteiger partial charge in [-0.25, -0.2) is 0 Å². The molecule has 0 aromatic heterocycles. The van der Waals surface area contributed by atoms with Gasteiger partial charge in [0.25, 0.3) is 0 Å². The minimum absolute atomic E-state index is 0. The zero-order chi connectivity index (χ0) is 30.1. The molecule has 0 bridgehead atoms. The van der Waals surface area contributed by atoms with Crippen LogP contribution in [-0.2, 0) is 42.7 Å². The molecule has 7 heteroatoms. The smallest absolute Gasteiger partial charge is 0 e. The number of nitrogens with zero attached hydrogens (tertiary/aromatic N) is 4. The van der Waals surface area contributed by atoms with Crippen LogP contribution in [0.25, 0.3) is 21.3 Å². The van der Waals surface area contributed by atoms with Crippen LogP contribution in [0.2, 0.25) is 0 Å². The fourth-order valence-electron chi connectivity index (χ4n) is 6.26. The van der Waals surface area contributed by atoms with E-state index in [0.29, 0.717) is 24.2 Å². The largest absolute Gasteiger partial charge is 1.00 e. The summed E-state index contributed by atoms with van der Waals surface area (Å²) in [5.41, 5.74) is 5.20. The van der Waals surface area contributed by atoms with Crippen molar-refractivity contribution in [3.05, 3.63) is 165 Å². The Morgan fingerprint density at radius 2 is 0.532 bits per heavy atom. The summed E-state index contributed by atoms with van der Waals surface area (Å²) in [5.74, 6) is 0. The van der Waals surface area contributed by atoms with E-state index in [-0.39, 0.29) is 50.5 Å². The molecular formula is C40H48Br2N4Ni-6. The summed E-state index contributed by atoms with van der Waals surface area (Å²) in [4.78, 5) is 0. The van der Waals surface area contributed by atoms with Crippen molar-refractivity contribution in [2.75, 3.05) is 0 Å². The van der Waals surface area contributed by atoms with Gasteiger partial charge >= 0.3 is 0 Å². The van der Waals surface area contributed by atoms with E-state index >= 15 is 0 Å². The van der Waals surface area contributed by atoms with Gasteiger partial charge in [-0.15, -0.1) is 26.2 Å². The number of halogens is 2. The summed E-state index contributed by atoms with van der Waals surface area (Å²) in [5, 5.41) is 19.8. The molecule has 0 radical (unpaired) electrons. The van der Waals surface area contributed by atoms with Gasteiger partial charge in [-0.05, 0) is 0 Å². The van der Waals surface area contributed by atoms with Crippen LogP contribution in [0.1, 0.15) is 73.6 Å². The van der Waals surface area contributed by atoms with Gasteiger partial charge < -0.3 is 55.2 Å². The molecule has 0 saturated heterocycles. The molecule has 2 saturated carbocycles. The third-order valence-corrected chi connectivity index (χ3v) is 8.79. The van der Waals surface area contributed by atoms with Crippen LogP contribution in [0.3, 0.4) is 0 Å². The minimum atomic E-state index is 0. The van der Waals surface area contributed by atoms with Crippen molar-refractivity contribution in [3.8, 4) is 0 Å². The zero-order valence-corrected chi connectivity index (χ0v) is 31.4. The first-order valence-electron chi connectivity index (χ1n) is 16.7. The summed E-state index contributed by atoms with van der Waals surface area (Å²) in [6, 6.07) is 43.8. The Morgan fingerprint density at radius 3 is 0.723 bits per heavy atom. The van der Waals surface area contributed by atoms with E-state index in [2.05, 4.69) is 121 Å². The van der Waals surface area contributed by atoms with E-state index in [1.807, 2.05) is 0 Å². The first-order chi connectivity index (χ1) is 21.8. The number of benzene rings is 4. The molecule has 2 fully saturated rings. The third kappa shape index (κ3) is 15.1. The molecule has 4 atom stereocenters. The van der Waals surface area contributed by atoms with E-state index in [1.54, 1.807) is 0 Å². The van der Waals surface area contributed by atoms with Crippen LogP contribution in [0.5, 0.6) is 0 Å². The molecule has 0 spiro atoms. The monoisotopic (exact) mass is 800 g/mol. The number of hydrogen-bond acceptors (Lipinski definition) is 0. The fourth-order valence-corrected chi connectivity index (χ4v) is 6.26. The summed E-state index contributed by atoms with van der Waals surface area (Å²) >= 11 is 0. The van der Waals surface area contributed by atoms with E-state index in [9.17, 15) is 0 Å². The van der Waals surface area contributed by atoms with E-state index in [1.165, 1.54) is 73.6 Å². The molecule has 258 valence electrons. The molecule has 0 heterocycles. The second-order valence-corrected chi connectivity index (χ2v) is 12.1. The van der Waals surface area contributed by atoms with Crippen molar-refractivity contribution in [3.63, 3.8) is 0 Å². The first-order valence-corrected chi connectivity index (χ1v) is 16.7. The van der Waals surface area contributed by atoms with Crippen molar-refractivity contribution >= 4 is 0 Å². The van der Waals surface area contributed by atoms with Crippen molar-refractivity contribution in [2.45, 2.75) is 102 Å². The predicted octanol–water partition coefficient (Wildman–Crippen LogP) is 4.90. The van der Waals surface area contributed by atoms with Gasteiger partial charge in [-0.3, -0.25) is 0 Å². The average Bonchev–Trinajstić information content (AvgIpc) is 3.11. The Hall–Kier alpha value is -1.83. The molecule has 4 nitrogen and oxygen atoms in total. The maximum Gasteiger partial charge on any atom is 0 e. The molecule has 4 aromatic rings. The Labute approximate surface area is 315 Å². The number of rotatable bonds is 12. The van der Waals surface area contributed by atoms with Gasteiger partial charge in [0.2, 0.25) is 0 Å². The van der Waals surface area contributed by atoms with Gasteiger partial charge in [-0.1, -0.05) is 195 Å². The summed E-state index contributed by atoms with van der Waals surface area (Å²) in [7, 11) is 0. The molecule has 4 aromatic carbocycles. The molecular weight excluding hydrogens is 755 g/mol. The normalized spacial score (nSPS) is 20.3. The minimum Gasteiger partial charge on any atom is -1.00 e. The van der Waals surface area contributed by atoms with E-state index in [4.69, 9.17) is 21.3 Å². The molecule has 0 amide bonds. The van der Waals surface area contributed by atoms with Gasteiger partial charge in [0.05, 0.1) is 0 Å². The third-order valence-electron chi connectivity index (χ3n) is 8.79. The van der Waals surface area contributed by atoms with Crippen LogP contribution >= 0.6 is 0 Å². The van der Waals surface area contributed by atoms with E-state index < -0.39 is 0 Å². The molecule has 0 aliphatic heterocycles. The van der Waals surface area contributed by atoms with Gasteiger partial charge in [0.15, 0.2) is 0 Å². The van der Waals surface area contributed by atoms with Gasteiger partial charge in [-0.2, -0.15) is 24.2 Å². The van der Waals surface area contributed by atoms with Crippen molar-refractivity contribution < 1.29 is 50.5 Å². The average molecular weight is 803 g/mol. The maximum atomic E-state index is 4.95. The second kappa shape index (κ2) is 24.3. The first kappa shape index (κ1) is 41.3. The van der Waals surface area contributed by atoms with Gasteiger partial charge in [0, 0.05) is 16.5 Å². The summed E-state index contributed by atoms with van der Waals surface area (Å²) in [6.07, 6.45) is 9.93. The van der Waals surface area contributed by atoms with Crippen molar-refractivity contribution in [1.29, 1.82) is 0 Å². The Balaban J connectivity index is 0.000000307. The number of hydrogen-bond donors (Lipinski definition) is 0. The van der Waals surface area contributed by atoms with Crippen LogP contribution in [0.15, 0.2) is 121 Å². The quantitative estimate of drug-likeness (QED) is 0.184. The standard InChI is InChI=1S/2C20H24N2.2BrH.Ni/c2*1-3-9-17(10-4-1)15-21-19-13-7-8-14-20(19)22-16-18-11-5-2-6-12-18;;;/h2*1-6,9-12,19-20H,7-8,13-16H2;2*1H;/q2*-2;;;/p-2/t2*19-,20-;;;/m11.../s1. The van der Waals surface area contributed by atoms with E-state index in [0.717, 1.165) is 26.2 Å². The summed E-state index contributed by atoms with van der Waals surface area (Å²) in [6.45, 7) is 3.29. The summed E-state index contributed by atoms with van der Waals surface area (Å²) < 4.78 is 0. The second-order valence-electron chi connectivity index (χ2n) is 12.1. The fraction of sp³-hybridized carbons (Fsp3) is 0.400. The molecule has 2 aliphatic carbocycles. The van der Waals surface area contributed by atoms with Crippen LogP contribution in [0.4, 0.5) is 0 Å². The topological polar surface area (TPSA) is 56.4 Å². The Bertz CT molecular complexity index is 1100. The SMILES string of the molecule is [Br-].[Br-].[Ni].c1ccc(C[N-][C@@H]2CCCC[C@H]2[N-]Cc2ccccc2)cc1.c1ccc(C[N-][C@@H]2CCCC[C@H]2[N-]Cc2ccccc2)cc1. The molecule has 0 N–H and O–H groups in total. The van der Waals surface area contributed by atoms with Crippen LogP contribution in [0, 0.1) is 0 Å². The van der Waals surface area contributed by atoms with Crippen molar-refractivity contribution in [2.24, 2.45) is 0 Å². The maximum absolute atomic E-state index is 4.95. The Kier molecular flexibility index (Phi) is 21.4. The van der Waals surface area contributed by atoms with Crippen LogP contribution in [-0.4, -0.2) is 24.2 Å². The molecule has 2 aliphatic rings. The predicted molar refractivity (Wildman–Crippen MR) is 186 cm³/mol. The Morgan fingerprint density at radius 1 is 0.340 bits per heavy atom. The molecule has 6 rings (SSSR count). The van der Waals surface area contributed by atoms with Gasteiger partial charge in [0.1, 0.15) is 0 Å².